The molecule has 0 aliphatic carbocycles. The van der Waals surface area contributed by atoms with Crippen LogP contribution in [0.3, 0.4) is 0 Å². The fourth-order valence-electron chi connectivity index (χ4n) is 4.26. The highest BCUT2D eigenvalue weighted by Crippen LogP contribution is 2.34. The van der Waals surface area contributed by atoms with Crippen molar-refractivity contribution in [2.45, 2.75) is 51.4 Å². The first-order valence-corrected chi connectivity index (χ1v) is 11.2. The van der Waals surface area contributed by atoms with Crippen molar-refractivity contribution in [2.75, 3.05) is 32.2 Å². The van der Waals surface area contributed by atoms with Crippen LogP contribution in [0, 0.1) is 0 Å². The molecule has 1 aliphatic heterocycles. The lowest BCUT2D eigenvalue weighted by Crippen LogP contribution is -2.47. The summed E-state index contributed by atoms with van der Waals surface area (Å²) in [6, 6.07) is 10.9. The monoisotopic (exact) mass is 464 g/mol. The first kappa shape index (κ1) is 24.9. The van der Waals surface area contributed by atoms with Crippen molar-refractivity contribution in [3.8, 4) is 11.5 Å². The highest BCUT2D eigenvalue weighted by Gasteiger charge is 2.31. The number of amides is 1. The molecule has 1 saturated heterocycles. The average Bonchev–Trinajstić information content (AvgIpc) is 2.80. The van der Waals surface area contributed by atoms with E-state index in [0.717, 1.165) is 55.7 Å². The van der Waals surface area contributed by atoms with E-state index in [1.54, 1.807) is 20.3 Å². The van der Waals surface area contributed by atoms with Gasteiger partial charge in [0.05, 0.1) is 19.8 Å². The van der Waals surface area contributed by atoms with Gasteiger partial charge in [-0.05, 0) is 49.1 Å². The predicted octanol–water partition coefficient (Wildman–Crippen LogP) is 5.52. The van der Waals surface area contributed by atoms with Crippen LogP contribution in [0.15, 0.2) is 42.5 Å². The second-order valence-electron chi connectivity index (χ2n) is 8.26. The van der Waals surface area contributed by atoms with E-state index in [1.807, 2.05) is 24.0 Å². The Balaban J connectivity index is 1.69. The van der Waals surface area contributed by atoms with Crippen molar-refractivity contribution in [1.82, 2.24) is 4.90 Å². The molecule has 0 atom stereocenters. The molecule has 1 amide bonds. The van der Waals surface area contributed by atoms with E-state index in [1.165, 1.54) is 12.1 Å². The van der Waals surface area contributed by atoms with Crippen molar-refractivity contribution in [3.63, 3.8) is 0 Å². The largest absolute Gasteiger partial charge is 0.493 e. The lowest BCUT2D eigenvalue weighted by molar-refractivity contribution is -0.137. The Hall–Kier alpha value is -2.74. The smallest absolute Gasteiger partial charge is 0.416 e. The number of benzene rings is 2. The van der Waals surface area contributed by atoms with E-state index in [0.29, 0.717) is 24.5 Å². The molecule has 3 rings (SSSR count). The zero-order valence-corrected chi connectivity index (χ0v) is 19.3. The van der Waals surface area contributed by atoms with E-state index in [-0.39, 0.29) is 11.9 Å². The SMILES string of the molecule is CCCC(=O)N(c1ccc(OC)c(OC)c1)C1CCN(Cc2ccc(C(F)(F)F)cc2)CC1. The van der Waals surface area contributed by atoms with Crippen LogP contribution in [-0.2, 0) is 17.5 Å². The van der Waals surface area contributed by atoms with Crippen molar-refractivity contribution < 1.29 is 27.4 Å². The van der Waals surface area contributed by atoms with Gasteiger partial charge in [0.15, 0.2) is 11.5 Å². The number of likely N-dealkylation sites (tertiary alicyclic amines) is 1. The zero-order valence-electron chi connectivity index (χ0n) is 19.3. The van der Waals surface area contributed by atoms with Gasteiger partial charge >= 0.3 is 6.18 Å². The highest BCUT2D eigenvalue weighted by molar-refractivity contribution is 5.94. The number of hydrogen-bond acceptors (Lipinski definition) is 4. The molecular weight excluding hydrogens is 433 g/mol. The standard InChI is InChI=1S/C25H31F3N2O3/c1-4-5-24(31)30(21-10-11-22(32-2)23(16-21)33-3)20-12-14-29(15-13-20)17-18-6-8-19(9-7-18)25(26,27)28/h6-11,16,20H,4-5,12-15,17H2,1-3H3. The molecule has 1 aliphatic rings. The number of carbonyl (C=O) groups excluding carboxylic acids is 1. The summed E-state index contributed by atoms with van der Waals surface area (Å²) in [6.45, 7) is 4.09. The van der Waals surface area contributed by atoms with E-state index in [4.69, 9.17) is 9.47 Å². The van der Waals surface area contributed by atoms with Crippen LogP contribution < -0.4 is 14.4 Å². The summed E-state index contributed by atoms with van der Waals surface area (Å²) >= 11 is 0. The molecule has 5 nitrogen and oxygen atoms in total. The van der Waals surface area contributed by atoms with Gasteiger partial charge in [-0.15, -0.1) is 0 Å². The molecule has 0 saturated carbocycles. The second kappa shape index (κ2) is 10.9. The highest BCUT2D eigenvalue weighted by atomic mass is 19.4. The Morgan fingerprint density at radius 1 is 1.03 bits per heavy atom. The first-order chi connectivity index (χ1) is 15.8. The second-order valence-corrected chi connectivity index (χ2v) is 8.26. The fourth-order valence-corrected chi connectivity index (χ4v) is 4.26. The molecule has 2 aromatic rings. The summed E-state index contributed by atoms with van der Waals surface area (Å²) in [7, 11) is 3.14. The molecule has 8 heteroatoms. The molecule has 1 fully saturated rings. The van der Waals surface area contributed by atoms with Gasteiger partial charge in [0, 0.05) is 43.9 Å². The number of rotatable bonds is 8. The Bertz CT molecular complexity index is 923. The third kappa shape index (κ3) is 6.19. The summed E-state index contributed by atoms with van der Waals surface area (Å²) in [6.07, 6.45) is -1.54. The van der Waals surface area contributed by atoms with Gasteiger partial charge in [-0.25, -0.2) is 0 Å². The number of nitrogens with zero attached hydrogens (tertiary/aromatic N) is 2. The summed E-state index contributed by atoms with van der Waals surface area (Å²) in [5.74, 6) is 1.26. The van der Waals surface area contributed by atoms with Crippen molar-refractivity contribution in [3.05, 3.63) is 53.6 Å². The molecule has 180 valence electrons. The van der Waals surface area contributed by atoms with E-state index >= 15 is 0 Å². The Morgan fingerprint density at radius 3 is 2.21 bits per heavy atom. The topological polar surface area (TPSA) is 42.0 Å². The molecule has 0 aromatic heterocycles. The molecule has 0 bridgehead atoms. The van der Waals surface area contributed by atoms with Gasteiger partial charge in [0.1, 0.15) is 0 Å². The molecule has 0 spiro atoms. The number of halogens is 3. The van der Waals surface area contributed by atoms with E-state index < -0.39 is 11.7 Å². The minimum Gasteiger partial charge on any atom is -0.493 e. The van der Waals surface area contributed by atoms with Crippen LogP contribution in [0.1, 0.15) is 43.7 Å². The van der Waals surface area contributed by atoms with Gasteiger partial charge < -0.3 is 14.4 Å². The van der Waals surface area contributed by atoms with Crippen LogP contribution in [0.4, 0.5) is 18.9 Å². The first-order valence-electron chi connectivity index (χ1n) is 11.2. The number of carbonyl (C=O) groups is 1. The Kier molecular flexibility index (Phi) is 8.24. The molecule has 2 aromatic carbocycles. The summed E-state index contributed by atoms with van der Waals surface area (Å²) in [5.41, 5.74) is 0.998. The number of anilines is 1. The third-order valence-electron chi connectivity index (χ3n) is 5.99. The fraction of sp³-hybridized carbons (Fsp3) is 0.480. The van der Waals surface area contributed by atoms with Crippen LogP contribution in [0.5, 0.6) is 11.5 Å². The molecule has 1 heterocycles. The Labute approximate surface area is 193 Å². The maximum atomic E-state index is 13.0. The van der Waals surface area contributed by atoms with Crippen LogP contribution in [0.25, 0.3) is 0 Å². The Morgan fingerprint density at radius 2 is 1.67 bits per heavy atom. The van der Waals surface area contributed by atoms with Crippen LogP contribution in [-0.4, -0.2) is 44.2 Å². The zero-order chi connectivity index (χ0) is 24.0. The number of piperidine rings is 1. The van der Waals surface area contributed by atoms with Gasteiger partial charge in [0.2, 0.25) is 5.91 Å². The number of ether oxygens (including phenoxy) is 2. The van der Waals surface area contributed by atoms with Gasteiger partial charge in [-0.2, -0.15) is 13.2 Å². The number of alkyl halides is 3. The van der Waals surface area contributed by atoms with E-state index in [9.17, 15) is 18.0 Å². The number of methoxy groups -OCH3 is 2. The van der Waals surface area contributed by atoms with Gasteiger partial charge in [-0.3, -0.25) is 9.69 Å². The predicted molar refractivity (Wildman–Crippen MR) is 122 cm³/mol. The normalized spacial score (nSPS) is 15.3. The summed E-state index contributed by atoms with van der Waals surface area (Å²) < 4.78 is 49.1. The minimum atomic E-state index is -4.32. The quantitative estimate of drug-likeness (QED) is 0.516. The minimum absolute atomic E-state index is 0.0472. The lowest BCUT2D eigenvalue weighted by atomic mass is 10.0. The molecule has 33 heavy (non-hydrogen) atoms. The maximum absolute atomic E-state index is 13.0. The van der Waals surface area contributed by atoms with Crippen molar-refractivity contribution in [2.24, 2.45) is 0 Å². The number of hydrogen-bond donors (Lipinski definition) is 0. The van der Waals surface area contributed by atoms with Crippen LogP contribution >= 0.6 is 0 Å². The van der Waals surface area contributed by atoms with E-state index in [2.05, 4.69) is 4.90 Å². The molecular formula is C25H31F3N2O3. The lowest BCUT2D eigenvalue weighted by Gasteiger charge is -2.39. The average molecular weight is 465 g/mol. The summed E-state index contributed by atoms with van der Waals surface area (Å²) in [4.78, 5) is 17.1. The molecule has 0 radical (unpaired) electrons. The van der Waals surface area contributed by atoms with Gasteiger partial charge in [0.25, 0.3) is 0 Å². The van der Waals surface area contributed by atoms with Crippen molar-refractivity contribution >= 4 is 11.6 Å². The van der Waals surface area contributed by atoms with Gasteiger partial charge in [-0.1, -0.05) is 19.1 Å². The maximum Gasteiger partial charge on any atom is 0.416 e. The van der Waals surface area contributed by atoms with Crippen molar-refractivity contribution in [1.29, 1.82) is 0 Å². The molecule has 0 unspecified atom stereocenters. The molecule has 0 N–H and O–H groups in total. The third-order valence-corrected chi connectivity index (χ3v) is 5.99. The van der Waals surface area contributed by atoms with Crippen LogP contribution in [0.2, 0.25) is 0 Å². The summed E-state index contributed by atoms with van der Waals surface area (Å²) in [5, 5.41) is 0.